The Morgan fingerprint density at radius 2 is 2.14 bits per heavy atom. The van der Waals surface area contributed by atoms with Gasteiger partial charge in [0.2, 0.25) is 5.91 Å². The molecular weight excluding hydrogens is 282 g/mol. The van der Waals surface area contributed by atoms with Gasteiger partial charge < -0.3 is 16.4 Å². The zero-order valence-electron chi connectivity index (χ0n) is 13.1. The maximum atomic E-state index is 12.5. The van der Waals surface area contributed by atoms with Crippen LogP contribution in [0.3, 0.4) is 0 Å². The Morgan fingerprint density at radius 3 is 2.71 bits per heavy atom. The minimum atomic E-state index is -0.249. The highest BCUT2D eigenvalue weighted by Gasteiger charge is 2.24. The van der Waals surface area contributed by atoms with E-state index < -0.39 is 0 Å². The lowest BCUT2D eigenvalue weighted by molar-refractivity contribution is -0.119. The van der Waals surface area contributed by atoms with Crippen molar-refractivity contribution >= 4 is 24.2 Å². The fourth-order valence-electron chi connectivity index (χ4n) is 2.07. The maximum Gasteiger partial charge on any atom is 0.241 e. The third kappa shape index (κ3) is 6.08. The van der Waals surface area contributed by atoms with Gasteiger partial charge in [-0.05, 0) is 30.5 Å². The van der Waals surface area contributed by atoms with E-state index in [-0.39, 0.29) is 23.9 Å². The largest absolute Gasteiger partial charge is 0.326 e. The molecule has 0 aliphatic carbocycles. The van der Waals surface area contributed by atoms with Crippen molar-refractivity contribution in [1.29, 1.82) is 0 Å². The van der Waals surface area contributed by atoms with Crippen molar-refractivity contribution in [2.45, 2.75) is 39.3 Å². The van der Waals surface area contributed by atoms with E-state index in [0.29, 0.717) is 12.3 Å². The molecule has 0 fully saturated rings. The molecule has 0 aliphatic heterocycles. The summed E-state index contributed by atoms with van der Waals surface area (Å²) in [7, 11) is 0. The zero-order valence-corrected chi connectivity index (χ0v) is 14.0. The number of nitrogens with two attached hydrogens (primary N) is 1. The van der Waals surface area contributed by atoms with Crippen molar-refractivity contribution in [3.8, 4) is 0 Å². The number of nitrogens with one attached hydrogen (secondary N) is 2. The number of thiol groups is 1. The number of amides is 1. The monoisotopic (exact) mass is 309 g/mol. The van der Waals surface area contributed by atoms with E-state index in [2.05, 4.69) is 37.1 Å². The average Bonchev–Trinajstić information content (AvgIpc) is 2.46. The van der Waals surface area contributed by atoms with Crippen LogP contribution in [0.15, 0.2) is 24.3 Å². The Morgan fingerprint density at radius 1 is 1.43 bits per heavy atom. The number of benzene rings is 1. The number of hydrogen-bond donors (Lipinski definition) is 4. The van der Waals surface area contributed by atoms with E-state index in [1.807, 2.05) is 31.2 Å². The third-order valence-electron chi connectivity index (χ3n) is 3.62. The van der Waals surface area contributed by atoms with E-state index in [1.165, 1.54) is 0 Å². The number of rotatable bonds is 8. The maximum absolute atomic E-state index is 12.5. The summed E-state index contributed by atoms with van der Waals surface area (Å²) in [4.78, 5) is 12.5. The highest BCUT2D eigenvalue weighted by atomic mass is 32.1. The zero-order chi connectivity index (χ0) is 15.8. The minimum absolute atomic E-state index is 0.0127. The van der Waals surface area contributed by atoms with Crippen LogP contribution in [0.5, 0.6) is 0 Å². The molecule has 1 rings (SSSR count). The molecule has 0 radical (unpaired) electrons. The predicted octanol–water partition coefficient (Wildman–Crippen LogP) is 2.19. The second-order valence-electron chi connectivity index (χ2n) is 5.57. The van der Waals surface area contributed by atoms with Crippen LogP contribution in [0, 0.1) is 12.8 Å². The summed E-state index contributed by atoms with van der Waals surface area (Å²) in [5, 5.41) is 6.25. The van der Waals surface area contributed by atoms with Crippen molar-refractivity contribution in [3.05, 3.63) is 29.8 Å². The van der Waals surface area contributed by atoms with Gasteiger partial charge in [-0.3, -0.25) is 4.79 Å². The van der Waals surface area contributed by atoms with Gasteiger partial charge in [-0.15, -0.1) is 0 Å². The molecule has 1 aromatic rings. The molecule has 5 heteroatoms. The molecule has 4 N–H and O–H groups in total. The molecule has 1 unspecified atom stereocenters. The number of carbonyl (C=O) groups excluding carboxylic acids is 1. The van der Waals surface area contributed by atoms with Gasteiger partial charge in [0.05, 0.1) is 6.04 Å². The van der Waals surface area contributed by atoms with Gasteiger partial charge in [-0.1, -0.05) is 32.4 Å². The molecule has 118 valence electrons. The average molecular weight is 309 g/mol. The molecular formula is C16H27N3OS. The molecule has 0 spiro atoms. The Bertz CT molecular complexity index is 453. The van der Waals surface area contributed by atoms with Crippen molar-refractivity contribution in [3.63, 3.8) is 0 Å². The van der Waals surface area contributed by atoms with Crippen molar-refractivity contribution in [1.82, 2.24) is 5.32 Å². The second kappa shape index (κ2) is 9.07. The quantitative estimate of drug-likeness (QED) is 0.557. The van der Waals surface area contributed by atoms with Gasteiger partial charge in [-0.2, -0.15) is 12.6 Å². The summed E-state index contributed by atoms with van der Waals surface area (Å²) in [6.45, 7) is 6.74. The van der Waals surface area contributed by atoms with E-state index in [4.69, 9.17) is 5.73 Å². The SMILES string of the molecule is CCC(C)[C@H](NC[C@@H](N)CS)C(=O)Nc1cccc(C)c1. The Balaban J connectivity index is 2.70. The van der Waals surface area contributed by atoms with Gasteiger partial charge >= 0.3 is 0 Å². The van der Waals surface area contributed by atoms with Gasteiger partial charge in [0.25, 0.3) is 0 Å². The summed E-state index contributed by atoms with van der Waals surface area (Å²) < 4.78 is 0. The fourth-order valence-corrected chi connectivity index (χ4v) is 2.20. The number of aryl methyl sites for hydroxylation is 1. The molecule has 21 heavy (non-hydrogen) atoms. The van der Waals surface area contributed by atoms with Crippen LogP contribution < -0.4 is 16.4 Å². The summed E-state index contributed by atoms with van der Waals surface area (Å²) in [6, 6.07) is 7.51. The lowest BCUT2D eigenvalue weighted by atomic mass is 9.98. The van der Waals surface area contributed by atoms with Crippen molar-refractivity contribution in [2.24, 2.45) is 11.7 Å². The van der Waals surface area contributed by atoms with Crippen molar-refractivity contribution < 1.29 is 4.79 Å². The molecule has 1 amide bonds. The van der Waals surface area contributed by atoms with Crippen LogP contribution >= 0.6 is 12.6 Å². The summed E-state index contributed by atoms with van der Waals surface area (Å²) in [6.07, 6.45) is 0.926. The van der Waals surface area contributed by atoms with Crippen LogP contribution in [0.2, 0.25) is 0 Å². The molecule has 0 aliphatic rings. The molecule has 3 atom stereocenters. The molecule has 0 heterocycles. The second-order valence-corrected chi connectivity index (χ2v) is 5.94. The third-order valence-corrected chi connectivity index (χ3v) is 4.08. The van der Waals surface area contributed by atoms with Gasteiger partial charge in [0, 0.05) is 24.0 Å². The van der Waals surface area contributed by atoms with Crippen LogP contribution in [0.1, 0.15) is 25.8 Å². The van der Waals surface area contributed by atoms with E-state index in [9.17, 15) is 4.79 Å². The number of carbonyl (C=O) groups is 1. The molecule has 0 saturated carbocycles. The van der Waals surface area contributed by atoms with Gasteiger partial charge in [0.1, 0.15) is 0 Å². The predicted molar refractivity (Wildman–Crippen MR) is 92.9 cm³/mol. The smallest absolute Gasteiger partial charge is 0.241 e. The van der Waals surface area contributed by atoms with Crippen LogP contribution in [0.4, 0.5) is 5.69 Å². The number of hydrogen-bond acceptors (Lipinski definition) is 4. The Hall–Kier alpha value is -1.04. The van der Waals surface area contributed by atoms with Crippen LogP contribution in [-0.4, -0.2) is 30.3 Å². The van der Waals surface area contributed by atoms with Crippen molar-refractivity contribution in [2.75, 3.05) is 17.6 Å². The fraction of sp³-hybridized carbons (Fsp3) is 0.562. The molecule has 4 nitrogen and oxygen atoms in total. The first-order valence-corrected chi connectivity index (χ1v) is 8.08. The van der Waals surface area contributed by atoms with Crippen LogP contribution in [0.25, 0.3) is 0 Å². The standard InChI is InChI=1S/C16H27N3OS/c1-4-12(3)15(18-9-13(17)10-21)16(20)19-14-7-5-6-11(2)8-14/h5-8,12-13,15,18,21H,4,9-10,17H2,1-3H3,(H,19,20)/t12?,13-,15+/m1/s1. The van der Waals surface area contributed by atoms with E-state index >= 15 is 0 Å². The van der Waals surface area contributed by atoms with Gasteiger partial charge in [0.15, 0.2) is 0 Å². The first-order chi connectivity index (χ1) is 9.97. The molecule has 0 aromatic heterocycles. The first kappa shape index (κ1) is 18.0. The summed E-state index contributed by atoms with van der Waals surface area (Å²) in [5.41, 5.74) is 7.82. The van der Waals surface area contributed by atoms with Crippen LogP contribution in [-0.2, 0) is 4.79 Å². The first-order valence-electron chi connectivity index (χ1n) is 7.45. The highest BCUT2D eigenvalue weighted by Crippen LogP contribution is 2.13. The Labute approximate surface area is 133 Å². The van der Waals surface area contributed by atoms with E-state index in [0.717, 1.165) is 17.7 Å². The molecule has 1 aromatic carbocycles. The van der Waals surface area contributed by atoms with E-state index in [1.54, 1.807) is 0 Å². The lowest BCUT2D eigenvalue weighted by Gasteiger charge is -2.25. The Kier molecular flexibility index (Phi) is 7.78. The minimum Gasteiger partial charge on any atom is -0.326 e. The summed E-state index contributed by atoms with van der Waals surface area (Å²) >= 11 is 4.17. The number of anilines is 1. The molecule has 0 saturated heterocycles. The lowest BCUT2D eigenvalue weighted by Crippen LogP contribution is -2.49. The topological polar surface area (TPSA) is 67.1 Å². The van der Waals surface area contributed by atoms with Gasteiger partial charge in [-0.25, -0.2) is 0 Å². The summed E-state index contributed by atoms with van der Waals surface area (Å²) in [5.74, 6) is 0.822. The highest BCUT2D eigenvalue weighted by molar-refractivity contribution is 7.80. The molecule has 0 bridgehead atoms. The normalized spacial score (nSPS) is 15.3.